The summed E-state index contributed by atoms with van der Waals surface area (Å²) in [5.74, 6) is -8.30. The van der Waals surface area contributed by atoms with Crippen LogP contribution in [0.25, 0.3) is 0 Å². The van der Waals surface area contributed by atoms with Gasteiger partial charge >= 0.3 is 11.9 Å². The van der Waals surface area contributed by atoms with Crippen LogP contribution in [0.2, 0.25) is 0 Å². The van der Waals surface area contributed by atoms with E-state index in [2.05, 4.69) is 16.0 Å². The highest BCUT2D eigenvalue weighted by atomic mass is 16.4. The normalized spacial score (nSPS) is 19.1. The van der Waals surface area contributed by atoms with E-state index < -0.39 is 109 Å². The number of benzene rings is 1. The number of nitrogens with zero attached hydrogens (tertiary/aromatic N) is 2. The van der Waals surface area contributed by atoms with Gasteiger partial charge in [0.1, 0.15) is 30.2 Å². The highest BCUT2D eigenvalue weighted by Gasteiger charge is 2.42. The van der Waals surface area contributed by atoms with Crippen molar-refractivity contribution in [2.45, 2.75) is 100 Å². The Bertz CT molecular complexity index is 1520. The van der Waals surface area contributed by atoms with Gasteiger partial charge in [-0.25, -0.2) is 4.79 Å². The first-order valence-electron chi connectivity index (χ1n) is 16.9. The van der Waals surface area contributed by atoms with E-state index >= 15 is 0 Å². The number of hydrogen-bond donors (Lipinski definition) is 8. The highest BCUT2D eigenvalue weighted by Crippen LogP contribution is 2.22. The number of nitrogens with one attached hydrogen (secondary N) is 3. The minimum absolute atomic E-state index is 0.0282. The van der Waals surface area contributed by atoms with E-state index in [4.69, 9.17) is 17.2 Å². The molecule has 7 amide bonds. The molecule has 2 heterocycles. The molecule has 52 heavy (non-hydrogen) atoms. The van der Waals surface area contributed by atoms with Crippen LogP contribution >= 0.6 is 0 Å². The fraction of sp³-hybridized carbons (Fsp3) is 0.545. The summed E-state index contributed by atoms with van der Waals surface area (Å²) in [6.45, 7) is 0.215. The van der Waals surface area contributed by atoms with E-state index in [1.807, 2.05) is 0 Å². The van der Waals surface area contributed by atoms with Crippen molar-refractivity contribution >= 4 is 53.3 Å². The van der Waals surface area contributed by atoms with Crippen LogP contribution in [0.3, 0.4) is 0 Å². The lowest BCUT2D eigenvalue weighted by molar-refractivity contribution is -0.149. The molecule has 284 valence electrons. The molecule has 0 bridgehead atoms. The third-order valence-electron chi connectivity index (χ3n) is 8.89. The minimum atomic E-state index is -1.63. The number of aliphatic carboxylic acids is 2. The first-order chi connectivity index (χ1) is 24.6. The summed E-state index contributed by atoms with van der Waals surface area (Å²) < 4.78 is 0. The second-order valence-electron chi connectivity index (χ2n) is 12.8. The van der Waals surface area contributed by atoms with Crippen LogP contribution in [-0.4, -0.2) is 123 Å². The molecular weight excluding hydrogens is 684 g/mol. The topological polar surface area (TPSA) is 315 Å². The predicted molar refractivity (Wildman–Crippen MR) is 180 cm³/mol. The van der Waals surface area contributed by atoms with Crippen LogP contribution in [0, 0.1) is 0 Å². The number of nitrogens with two attached hydrogens (primary N) is 3. The molecule has 0 aromatic heterocycles. The minimum Gasteiger partial charge on any atom is -0.481 e. The number of carboxylic acid groups (broad SMARTS) is 2. The van der Waals surface area contributed by atoms with Gasteiger partial charge in [-0.3, -0.25) is 38.4 Å². The van der Waals surface area contributed by atoms with Crippen LogP contribution in [0.4, 0.5) is 0 Å². The summed E-state index contributed by atoms with van der Waals surface area (Å²) in [6.07, 6.45) is -0.866. The molecule has 6 atom stereocenters. The standard InChI is InChI=1S/C33H46N8O11/c34-19(10-12-25(35)42)28(46)37-20(11-13-27(44)45)29(47)38-22(17-26(36)43)32(50)40-14-4-8-23(40)30(48)39-21(16-18-6-2-1-3-7-18)31(49)41-15-5-9-24(41)33(51)52/h1-3,6-7,19-24H,4-5,8-17,34H2,(H2,35,42)(H2,36,43)(H,37,46)(H,38,47)(H,39,48)(H,44,45)(H,51,52)/t19-,20-,21-,22-,23-,24-/m0/s1. The number of carbonyl (C=O) groups is 9. The maximum absolute atomic E-state index is 13.9. The third-order valence-corrected chi connectivity index (χ3v) is 8.89. The maximum Gasteiger partial charge on any atom is 0.326 e. The van der Waals surface area contributed by atoms with Crippen molar-refractivity contribution in [3.05, 3.63) is 35.9 Å². The van der Waals surface area contributed by atoms with Gasteiger partial charge in [-0.1, -0.05) is 30.3 Å². The van der Waals surface area contributed by atoms with Crippen molar-refractivity contribution in [3.8, 4) is 0 Å². The SMILES string of the molecule is NC(=O)CC[C@H](N)C(=O)N[C@@H](CCC(=O)O)C(=O)N[C@@H](CC(N)=O)C(=O)N1CCC[C@H]1C(=O)N[C@@H](Cc1ccccc1)C(=O)N1CCC[C@H]1C(=O)O. The molecule has 2 aliphatic heterocycles. The zero-order valence-corrected chi connectivity index (χ0v) is 28.5. The van der Waals surface area contributed by atoms with E-state index in [1.54, 1.807) is 30.3 Å². The van der Waals surface area contributed by atoms with Crippen molar-refractivity contribution in [2.75, 3.05) is 13.1 Å². The van der Waals surface area contributed by atoms with Crippen LogP contribution < -0.4 is 33.2 Å². The van der Waals surface area contributed by atoms with Crippen LogP contribution in [-0.2, 0) is 49.6 Å². The van der Waals surface area contributed by atoms with Crippen LogP contribution in [0.15, 0.2) is 30.3 Å². The van der Waals surface area contributed by atoms with Gasteiger partial charge in [0, 0.05) is 32.4 Å². The largest absolute Gasteiger partial charge is 0.481 e. The number of carbonyl (C=O) groups excluding carboxylic acids is 7. The Morgan fingerprint density at radius 3 is 1.87 bits per heavy atom. The Morgan fingerprint density at radius 1 is 0.712 bits per heavy atom. The lowest BCUT2D eigenvalue weighted by atomic mass is 10.0. The van der Waals surface area contributed by atoms with Gasteiger partial charge in [-0.15, -0.1) is 0 Å². The molecular formula is C33H46N8O11. The van der Waals surface area contributed by atoms with Crippen LogP contribution in [0.5, 0.6) is 0 Å². The molecule has 0 unspecified atom stereocenters. The number of hydrogen-bond acceptors (Lipinski definition) is 10. The Hall–Kier alpha value is -5.59. The van der Waals surface area contributed by atoms with Gasteiger partial charge in [0.2, 0.25) is 41.4 Å². The lowest BCUT2D eigenvalue weighted by Gasteiger charge is -2.31. The molecule has 1 aromatic carbocycles. The van der Waals surface area contributed by atoms with Crippen molar-refractivity contribution in [3.63, 3.8) is 0 Å². The molecule has 2 saturated heterocycles. The number of primary amides is 2. The number of amides is 7. The molecule has 0 aliphatic carbocycles. The van der Waals surface area contributed by atoms with Crippen molar-refractivity contribution in [2.24, 2.45) is 17.2 Å². The average molecular weight is 731 g/mol. The summed E-state index contributed by atoms with van der Waals surface area (Å²) in [5.41, 5.74) is 17.0. The van der Waals surface area contributed by atoms with Gasteiger partial charge in [-0.05, 0) is 44.1 Å². The molecule has 3 rings (SSSR count). The fourth-order valence-corrected chi connectivity index (χ4v) is 6.23. The zero-order valence-electron chi connectivity index (χ0n) is 28.5. The Morgan fingerprint density at radius 2 is 1.29 bits per heavy atom. The number of carboxylic acids is 2. The molecule has 0 saturated carbocycles. The molecule has 19 heteroatoms. The summed E-state index contributed by atoms with van der Waals surface area (Å²) in [7, 11) is 0. The van der Waals surface area contributed by atoms with E-state index in [0.717, 1.165) is 4.90 Å². The van der Waals surface area contributed by atoms with Crippen molar-refractivity contribution < 1.29 is 53.4 Å². The van der Waals surface area contributed by atoms with Gasteiger partial charge < -0.3 is 53.2 Å². The Labute approximate surface area is 299 Å². The van der Waals surface area contributed by atoms with E-state index in [9.17, 15) is 53.4 Å². The molecule has 11 N–H and O–H groups in total. The van der Waals surface area contributed by atoms with Crippen molar-refractivity contribution in [1.82, 2.24) is 25.8 Å². The Balaban J connectivity index is 1.80. The van der Waals surface area contributed by atoms with E-state index in [-0.39, 0.29) is 45.2 Å². The summed E-state index contributed by atoms with van der Waals surface area (Å²) in [5, 5.41) is 26.2. The number of rotatable bonds is 19. The van der Waals surface area contributed by atoms with E-state index in [1.165, 1.54) is 4.90 Å². The third kappa shape index (κ3) is 11.7. The van der Waals surface area contributed by atoms with Gasteiger partial charge in [0.05, 0.1) is 12.5 Å². The average Bonchev–Trinajstić information content (AvgIpc) is 3.79. The summed E-state index contributed by atoms with van der Waals surface area (Å²) in [6, 6.07) is 0.924. The molecule has 2 aliphatic rings. The van der Waals surface area contributed by atoms with Crippen LogP contribution in [0.1, 0.15) is 63.4 Å². The van der Waals surface area contributed by atoms with E-state index in [0.29, 0.717) is 18.4 Å². The quantitative estimate of drug-likeness (QED) is 0.0710. The van der Waals surface area contributed by atoms with Crippen molar-refractivity contribution in [1.29, 1.82) is 0 Å². The van der Waals surface area contributed by atoms with Gasteiger partial charge in [-0.2, -0.15) is 0 Å². The summed E-state index contributed by atoms with van der Waals surface area (Å²) >= 11 is 0. The molecule has 0 spiro atoms. The summed E-state index contributed by atoms with van der Waals surface area (Å²) in [4.78, 5) is 116. The Kier molecular flexibility index (Phi) is 15.0. The first kappa shape index (κ1) is 40.8. The molecule has 0 radical (unpaired) electrons. The van der Waals surface area contributed by atoms with Gasteiger partial charge in [0.25, 0.3) is 0 Å². The van der Waals surface area contributed by atoms with Gasteiger partial charge in [0.15, 0.2) is 0 Å². The first-order valence-corrected chi connectivity index (χ1v) is 16.9. The fourth-order valence-electron chi connectivity index (χ4n) is 6.23. The smallest absolute Gasteiger partial charge is 0.326 e. The maximum atomic E-state index is 13.9. The number of likely N-dealkylation sites (tertiary alicyclic amines) is 2. The second kappa shape index (κ2) is 19.1. The monoisotopic (exact) mass is 730 g/mol. The molecule has 19 nitrogen and oxygen atoms in total. The predicted octanol–water partition coefficient (Wildman–Crippen LogP) is -2.92. The molecule has 1 aromatic rings. The lowest BCUT2D eigenvalue weighted by Crippen LogP contribution is -2.59. The second-order valence-corrected chi connectivity index (χ2v) is 12.8. The zero-order chi connectivity index (χ0) is 38.5. The molecule has 2 fully saturated rings. The highest BCUT2D eigenvalue weighted by molar-refractivity contribution is 5.98.